The maximum Gasteiger partial charge on any atom is 0.0861 e. The Morgan fingerprint density at radius 3 is 2.67 bits per heavy atom. The van der Waals surface area contributed by atoms with Crippen molar-refractivity contribution in [3.05, 3.63) is 25.2 Å². The van der Waals surface area contributed by atoms with Crippen LogP contribution < -0.4 is 0 Å². The summed E-state index contributed by atoms with van der Waals surface area (Å²) in [7, 11) is 0. The Bertz CT molecular complexity index is 92.7. The predicted molar refractivity (Wildman–Crippen MR) is 39.9 cm³/mol. The van der Waals surface area contributed by atoms with Crippen molar-refractivity contribution in [1.82, 2.24) is 0 Å². The highest BCUT2D eigenvalue weighted by molar-refractivity contribution is 4.76. The molecule has 0 atom stereocenters. The summed E-state index contributed by atoms with van der Waals surface area (Å²) in [5, 5.41) is 0. The van der Waals surface area contributed by atoms with E-state index in [1.165, 1.54) is 6.26 Å². The molecule has 0 amide bonds. The maximum atomic E-state index is 4.77. The second kappa shape index (κ2) is 5.42. The molecule has 0 radical (unpaired) electrons. The van der Waals surface area contributed by atoms with Gasteiger partial charge < -0.3 is 4.74 Å². The van der Waals surface area contributed by atoms with Gasteiger partial charge in [-0.15, -0.1) is 0 Å². The molecule has 0 aromatic carbocycles. The van der Waals surface area contributed by atoms with E-state index in [4.69, 9.17) is 4.74 Å². The molecule has 0 saturated carbocycles. The van der Waals surface area contributed by atoms with E-state index < -0.39 is 0 Å². The standard InChI is InChI=1S/C8H14O/c1-4-9-7-5-6-8(2)3/h4-5,7-8H,1,6H2,2-3H3. The monoisotopic (exact) mass is 126 g/mol. The third-order valence-corrected chi connectivity index (χ3v) is 0.879. The number of hydrogen-bond donors (Lipinski definition) is 0. The number of allylic oxidation sites excluding steroid dienone is 1. The highest BCUT2D eigenvalue weighted by Gasteiger charge is 1.85. The Morgan fingerprint density at radius 1 is 1.56 bits per heavy atom. The summed E-state index contributed by atoms with van der Waals surface area (Å²) in [5.41, 5.74) is 0. The van der Waals surface area contributed by atoms with Crippen molar-refractivity contribution >= 4 is 0 Å². The molecule has 0 aliphatic heterocycles. The van der Waals surface area contributed by atoms with E-state index in [-0.39, 0.29) is 0 Å². The molecule has 0 aromatic heterocycles. The first-order valence-electron chi connectivity index (χ1n) is 3.18. The first-order chi connectivity index (χ1) is 4.27. The molecule has 0 aliphatic rings. The minimum atomic E-state index is 0.703. The van der Waals surface area contributed by atoms with Crippen molar-refractivity contribution in [2.24, 2.45) is 5.92 Å². The van der Waals surface area contributed by atoms with Gasteiger partial charge in [-0.1, -0.05) is 20.4 Å². The molecule has 9 heavy (non-hydrogen) atoms. The molecule has 0 unspecified atom stereocenters. The van der Waals surface area contributed by atoms with Crippen LogP contribution in [0.4, 0.5) is 0 Å². The van der Waals surface area contributed by atoms with E-state index in [9.17, 15) is 0 Å². The zero-order valence-corrected chi connectivity index (χ0v) is 6.13. The normalized spacial score (nSPS) is 10.6. The third kappa shape index (κ3) is 7.28. The summed E-state index contributed by atoms with van der Waals surface area (Å²) in [4.78, 5) is 0. The SMILES string of the molecule is C=COC=CCC(C)C. The molecule has 0 heterocycles. The number of hydrogen-bond acceptors (Lipinski definition) is 1. The van der Waals surface area contributed by atoms with Crippen molar-refractivity contribution < 1.29 is 4.74 Å². The van der Waals surface area contributed by atoms with Crippen molar-refractivity contribution in [2.45, 2.75) is 20.3 Å². The first-order valence-corrected chi connectivity index (χ1v) is 3.18. The molecule has 0 aromatic rings. The molecule has 1 heteroatoms. The Labute approximate surface area is 57.0 Å². The van der Waals surface area contributed by atoms with Gasteiger partial charge in [-0.25, -0.2) is 0 Å². The highest BCUT2D eigenvalue weighted by Crippen LogP contribution is 1.99. The molecule has 0 aliphatic carbocycles. The summed E-state index contributed by atoms with van der Waals surface area (Å²) in [6.45, 7) is 7.73. The Hall–Kier alpha value is -0.720. The Balaban J connectivity index is 3.14. The quantitative estimate of drug-likeness (QED) is 0.526. The lowest BCUT2D eigenvalue weighted by Gasteiger charge is -1.95. The largest absolute Gasteiger partial charge is 0.474 e. The van der Waals surface area contributed by atoms with Gasteiger partial charge in [0.1, 0.15) is 0 Å². The van der Waals surface area contributed by atoms with Crippen molar-refractivity contribution in [1.29, 1.82) is 0 Å². The molecule has 0 fully saturated rings. The van der Waals surface area contributed by atoms with Gasteiger partial charge in [0.05, 0.1) is 12.5 Å². The smallest absolute Gasteiger partial charge is 0.0861 e. The van der Waals surface area contributed by atoms with Crippen LogP contribution in [0.1, 0.15) is 20.3 Å². The molecule has 52 valence electrons. The van der Waals surface area contributed by atoms with E-state index in [0.29, 0.717) is 5.92 Å². The van der Waals surface area contributed by atoms with Gasteiger partial charge in [0.2, 0.25) is 0 Å². The van der Waals surface area contributed by atoms with E-state index >= 15 is 0 Å². The average Bonchev–Trinajstić information content (AvgIpc) is 1.80. The van der Waals surface area contributed by atoms with Gasteiger partial charge in [0.25, 0.3) is 0 Å². The fraction of sp³-hybridized carbons (Fsp3) is 0.500. The van der Waals surface area contributed by atoms with Crippen LogP contribution in [0.25, 0.3) is 0 Å². The summed E-state index contributed by atoms with van der Waals surface area (Å²) < 4.78 is 4.77. The summed E-state index contributed by atoms with van der Waals surface area (Å²) in [5.74, 6) is 0.703. The summed E-state index contributed by atoms with van der Waals surface area (Å²) in [6.07, 6.45) is 6.13. The van der Waals surface area contributed by atoms with Crippen molar-refractivity contribution in [2.75, 3.05) is 0 Å². The first kappa shape index (κ1) is 8.28. The minimum Gasteiger partial charge on any atom is -0.474 e. The third-order valence-electron chi connectivity index (χ3n) is 0.879. The van der Waals surface area contributed by atoms with Crippen LogP contribution in [0, 0.1) is 5.92 Å². The lowest BCUT2D eigenvalue weighted by atomic mass is 10.1. The van der Waals surface area contributed by atoms with Crippen LogP contribution in [0.5, 0.6) is 0 Å². The number of ether oxygens (including phenoxy) is 1. The molecule has 0 spiro atoms. The van der Waals surface area contributed by atoms with Gasteiger partial charge >= 0.3 is 0 Å². The fourth-order valence-electron chi connectivity index (χ4n) is 0.439. The molecular formula is C8H14O. The van der Waals surface area contributed by atoms with Gasteiger partial charge in [-0.3, -0.25) is 0 Å². The summed E-state index contributed by atoms with van der Waals surface area (Å²) in [6, 6.07) is 0. The van der Waals surface area contributed by atoms with Gasteiger partial charge in [0.15, 0.2) is 0 Å². The second-order valence-electron chi connectivity index (χ2n) is 2.30. The maximum absolute atomic E-state index is 4.77. The Kier molecular flexibility index (Phi) is 4.98. The lowest BCUT2D eigenvalue weighted by molar-refractivity contribution is 0.401. The molecule has 0 rings (SSSR count). The van der Waals surface area contributed by atoms with E-state index in [1.807, 2.05) is 6.08 Å². The molecule has 1 nitrogen and oxygen atoms in total. The average molecular weight is 126 g/mol. The molecule has 0 N–H and O–H groups in total. The minimum absolute atomic E-state index is 0.703. The molecular weight excluding hydrogens is 112 g/mol. The van der Waals surface area contributed by atoms with Crippen LogP contribution in [-0.2, 0) is 4.74 Å². The topological polar surface area (TPSA) is 9.23 Å². The second-order valence-corrected chi connectivity index (χ2v) is 2.30. The van der Waals surface area contributed by atoms with Gasteiger partial charge in [-0.05, 0) is 18.4 Å². The van der Waals surface area contributed by atoms with Crippen LogP contribution in [-0.4, -0.2) is 0 Å². The lowest BCUT2D eigenvalue weighted by Crippen LogP contribution is -1.80. The van der Waals surface area contributed by atoms with Crippen molar-refractivity contribution in [3.8, 4) is 0 Å². The van der Waals surface area contributed by atoms with Crippen molar-refractivity contribution in [3.63, 3.8) is 0 Å². The molecule has 0 bridgehead atoms. The van der Waals surface area contributed by atoms with Crippen LogP contribution in [0.15, 0.2) is 25.2 Å². The van der Waals surface area contributed by atoms with Crippen LogP contribution >= 0.6 is 0 Å². The van der Waals surface area contributed by atoms with E-state index in [2.05, 4.69) is 20.4 Å². The fourth-order valence-corrected chi connectivity index (χ4v) is 0.439. The van der Waals surface area contributed by atoms with Crippen LogP contribution in [0.2, 0.25) is 0 Å². The zero-order chi connectivity index (χ0) is 7.11. The zero-order valence-electron chi connectivity index (χ0n) is 6.13. The Morgan fingerprint density at radius 2 is 2.22 bits per heavy atom. The highest BCUT2D eigenvalue weighted by atomic mass is 16.5. The number of rotatable bonds is 4. The van der Waals surface area contributed by atoms with Gasteiger partial charge in [0, 0.05) is 0 Å². The van der Waals surface area contributed by atoms with E-state index in [0.717, 1.165) is 6.42 Å². The molecule has 0 saturated heterocycles. The summed E-state index contributed by atoms with van der Waals surface area (Å²) >= 11 is 0. The van der Waals surface area contributed by atoms with Crippen LogP contribution in [0.3, 0.4) is 0 Å². The predicted octanol–water partition coefficient (Wildman–Crippen LogP) is 2.71. The van der Waals surface area contributed by atoms with E-state index in [1.54, 1.807) is 6.26 Å². The van der Waals surface area contributed by atoms with Gasteiger partial charge in [-0.2, -0.15) is 0 Å².